The average Bonchev–Trinajstić information content (AvgIpc) is 3.26. The van der Waals surface area contributed by atoms with E-state index in [1.165, 1.54) is 17.1 Å². The van der Waals surface area contributed by atoms with E-state index in [0.717, 1.165) is 43.2 Å². The number of amides is 1. The minimum Gasteiger partial charge on any atom is -0.299 e. The van der Waals surface area contributed by atoms with Crippen molar-refractivity contribution in [2.45, 2.75) is 38.8 Å². The molecule has 3 aromatic rings. The number of aromatic nitrogens is 2. The van der Waals surface area contributed by atoms with Crippen molar-refractivity contribution in [1.29, 1.82) is 0 Å². The van der Waals surface area contributed by atoms with Gasteiger partial charge in [0.2, 0.25) is 11.0 Å². The van der Waals surface area contributed by atoms with Crippen molar-refractivity contribution in [3.63, 3.8) is 0 Å². The zero-order valence-corrected chi connectivity index (χ0v) is 17.5. The largest absolute Gasteiger partial charge is 0.299 e. The first-order valence-corrected chi connectivity index (χ1v) is 11.0. The summed E-state index contributed by atoms with van der Waals surface area (Å²) in [6.45, 7) is 4.85. The molecule has 0 N–H and O–H groups in total. The molecule has 0 bridgehead atoms. The highest BCUT2D eigenvalue weighted by molar-refractivity contribution is 7.10. The fourth-order valence-electron chi connectivity index (χ4n) is 3.83. The maximum atomic E-state index is 12.8. The summed E-state index contributed by atoms with van der Waals surface area (Å²) in [5, 5.41) is 0.720. The molecule has 1 amide bonds. The quantitative estimate of drug-likeness (QED) is 0.600. The van der Waals surface area contributed by atoms with Crippen LogP contribution in [-0.4, -0.2) is 39.3 Å². The molecule has 2 aromatic carbocycles. The number of anilines is 1. The molecule has 0 atom stereocenters. The Kier molecular flexibility index (Phi) is 6.32. The fourth-order valence-corrected chi connectivity index (χ4v) is 4.61. The molecule has 1 fully saturated rings. The van der Waals surface area contributed by atoms with E-state index < -0.39 is 0 Å². The summed E-state index contributed by atoms with van der Waals surface area (Å²) >= 11 is 1.32. The molecule has 1 saturated heterocycles. The van der Waals surface area contributed by atoms with E-state index in [4.69, 9.17) is 4.98 Å². The standard InChI is InChI=1S/C23H26N4OS/c1-2-21(28)27(23-24-22(25-29-23)19-11-7-4-8-12-19)20-13-15-26(16-14-20)17-18-9-5-3-6-10-18/h3-12,20H,2,13-17H2,1H3. The highest BCUT2D eigenvalue weighted by Crippen LogP contribution is 2.29. The fraction of sp³-hybridized carbons (Fsp3) is 0.348. The number of carbonyl (C=O) groups is 1. The van der Waals surface area contributed by atoms with E-state index >= 15 is 0 Å². The second-order valence-electron chi connectivity index (χ2n) is 7.38. The van der Waals surface area contributed by atoms with Crippen LogP contribution in [0.5, 0.6) is 0 Å². The van der Waals surface area contributed by atoms with Gasteiger partial charge in [-0.05, 0) is 18.4 Å². The van der Waals surface area contributed by atoms with Crippen LogP contribution in [0.4, 0.5) is 5.13 Å². The minimum atomic E-state index is 0.127. The third-order valence-electron chi connectivity index (χ3n) is 5.40. The van der Waals surface area contributed by atoms with Gasteiger partial charge in [-0.2, -0.15) is 9.36 Å². The molecule has 1 aliphatic rings. The van der Waals surface area contributed by atoms with E-state index in [2.05, 4.69) is 39.6 Å². The van der Waals surface area contributed by atoms with Gasteiger partial charge in [0.15, 0.2) is 5.82 Å². The smallest absolute Gasteiger partial charge is 0.228 e. The van der Waals surface area contributed by atoms with Gasteiger partial charge in [-0.25, -0.2) is 0 Å². The topological polar surface area (TPSA) is 49.3 Å². The Labute approximate surface area is 176 Å². The van der Waals surface area contributed by atoms with Crippen LogP contribution in [0.3, 0.4) is 0 Å². The van der Waals surface area contributed by atoms with Crippen molar-refractivity contribution in [1.82, 2.24) is 14.3 Å². The van der Waals surface area contributed by atoms with Crippen LogP contribution >= 0.6 is 11.5 Å². The Morgan fingerprint density at radius 3 is 2.38 bits per heavy atom. The van der Waals surface area contributed by atoms with Gasteiger partial charge in [-0.1, -0.05) is 67.6 Å². The number of nitrogens with zero attached hydrogens (tertiary/aromatic N) is 4. The molecule has 1 aromatic heterocycles. The van der Waals surface area contributed by atoms with Crippen LogP contribution in [0.25, 0.3) is 11.4 Å². The van der Waals surface area contributed by atoms with Crippen LogP contribution in [0.2, 0.25) is 0 Å². The van der Waals surface area contributed by atoms with Gasteiger partial charge in [0.1, 0.15) is 0 Å². The first-order chi connectivity index (χ1) is 14.2. The van der Waals surface area contributed by atoms with Crippen molar-refractivity contribution < 1.29 is 4.79 Å². The summed E-state index contributed by atoms with van der Waals surface area (Å²) in [5.41, 5.74) is 2.32. The lowest BCUT2D eigenvalue weighted by Crippen LogP contribution is -2.47. The zero-order chi connectivity index (χ0) is 20.1. The molecule has 0 spiro atoms. The third kappa shape index (κ3) is 4.71. The van der Waals surface area contributed by atoms with Crippen LogP contribution in [0.15, 0.2) is 60.7 Å². The van der Waals surface area contributed by atoms with E-state index in [9.17, 15) is 4.79 Å². The highest BCUT2D eigenvalue weighted by Gasteiger charge is 2.30. The number of hydrogen-bond acceptors (Lipinski definition) is 5. The number of carbonyl (C=O) groups excluding carboxylic acids is 1. The predicted octanol–water partition coefficient (Wildman–Crippen LogP) is 4.61. The molecular formula is C23H26N4OS. The Bertz CT molecular complexity index is 920. The first kappa shape index (κ1) is 19.7. The lowest BCUT2D eigenvalue weighted by atomic mass is 10.0. The van der Waals surface area contributed by atoms with Crippen molar-refractivity contribution in [2.24, 2.45) is 0 Å². The summed E-state index contributed by atoms with van der Waals surface area (Å²) in [7, 11) is 0. The van der Waals surface area contributed by atoms with Crippen molar-refractivity contribution >= 4 is 22.6 Å². The third-order valence-corrected chi connectivity index (χ3v) is 6.11. The Morgan fingerprint density at radius 2 is 1.72 bits per heavy atom. The van der Waals surface area contributed by atoms with Gasteiger partial charge in [-0.3, -0.25) is 14.6 Å². The van der Waals surface area contributed by atoms with Crippen LogP contribution in [0, 0.1) is 0 Å². The minimum absolute atomic E-state index is 0.127. The van der Waals surface area contributed by atoms with E-state index in [1.54, 1.807) is 0 Å². The number of benzene rings is 2. The molecule has 0 radical (unpaired) electrons. The van der Waals surface area contributed by atoms with Crippen LogP contribution < -0.4 is 4.90 Å². The van der Waals surface area contributed by atoms with Gasteiger partial charge >= 0.3 is 0 Å². The maximum Gasteiger partial charge on any atom is 0.228 e. The van der Waals surface area contributed by atoms with Crippen molar-refractivity contribution in [3.8, 4) is 11.4 Å². The number of rotatable bonds is 6. The summed E-state index contributed by atoms with van der Waals surface area (Å²) in [6.07, 6.45) is 2.39. The normalized spacial score (nSPS) is 15.3. The van der Waals surface area contributed by atoms with Crippen LogP contribution in [0.1, 0.15) is 31.7 Å². The van der Waals surface area contributed by atoms with Crippen molar-refractivity contribution in [2.75, 3.05) is 18.0 Å². The lowest BCUT2D eigenvalue weighted by molar-refractivity contribution is -0.119. The molecule has 150 valence electrons. The highest BCUT2D eigenvalue weighted by atomic mass is 32.1. The second-order valence-corrected chi connectivity index (χ2v) is 8.11. The molecule has 5 nitrogen and oxygen atoms in total. The Hall–Kier alpha value is -2.57. The van der Waals surface area contributed by atoms with Crippen LogP contribution in [-0.2, 0) is 11.3 Å². The van der Waals surface area contributed by atoms with E-state index in [0.29, 0.717) is 12.2 Å². The lowest BCUT2D eigenvalue weighted by Gasteiger charge is -2.37. The van der Waals surface area contributed by atoms with Crippen molar-refractivity contribution in [3.05, 3.63) is 66.2 Å². The molecule has 0 saturated carbocycles. The van der Waals surface area contributed by atoms with Gasteiger partial charge in [-0.15, -0.1) is 0 Å². The molecular weight excluding hydrogens is 380 g/mol. The monoisotopic (exact) mass is 406 g/mol. The van der Waals surface area contributed by atoms with Gasteiger partial charge in [0.25, 0.3) is 0 Å². The SMILES string of the molecule is CCC(=O)N(c1nc(-c2ccccc2)ns1)C1CCN(Cc2ccccc2)CC1. The zero-order valence-electron chi connectivity index (χ0n) is 16.7. The maximum absolute atomic E-state index is 12.8. The molecule has 29 heavy (non-hydrogen) atoms. The Morgan fingerprint density at radius 1 is 1.07 bits per heavy atom. The molecule has 0 aliphatic carbocycles. The molecule has 2 heterocycles. The van der Waals surface area contributed by atoms with Gasteiger partial charge in [0, 0.05) is 49.2 Å². The molecule has 4 rings (SSSR count). The Balaban J connectivity index is 1.46. The number of hydrogen-bond donors (Lipinski definition) is 0. The summed E-state index contributed by atoms with van der Waals surface area (Å²) < 4.78 is 4.52. The predicted molar refractivity (Wildman–Crippen MR) is 118 cm³/mol. The molecule has 0 unspecified atom stereocenters. The second kappa shape index (κ2) is 9.29. The molecule has 1 aliphatic heterocycles. The van der Waals surface area contributed by atoms with E-state index in [-0.39, 0.29) is 11.9 Å². The molecule has 6 heteroatoms. The summed E-state index contributed by atoms with van der Waals surface area (Å²) in [5.74, 6) is 0.822. The van der Waals surface area contributed by atoms with Gasteiger partial charge < -0.3 is 0 Å². The summed E-state index contributed by atoms with van der Waals surface area (Å²) in [6, 6.07) is 20.7. The summed E-state index contributed by atoms with van der Waals surface area (Å²) in [4.78, 5) is 21.9. The first-order valence-electron chi connectivity index (χ1n) is 10.2. The van der Waals surface area contributed by atoms with Gasteiger partial charge in [0.05, 0.1) is 0 Å². The number of likely N-dealkylation sites (tertiary alicyclic amines) is 1. The average molecular weight is 407 g/mol. The number of piperidine rings is 1. The van der Waals surface area contributed by atoms with E-state index in [1.807, 2.05) is 42.2 Å².